The standard InChI is InChI=1S/C14H20N2O2.ClH/c1-2-18-13-7-5-11(6-8-13)14(17)16-10-12-4-3-9-15-12;/h5-8,12,15H,2-4,9-10H2,1H3,(H,16,17);1H. The van der Waals surface area contributed by atoms with Crippen LogP contribution in [0.5, 0.6) is 5.75 Å². The summed E-state index contributed by atoms with van der Waals surface area (Å²) >= 11 is 0. The van der Waals surface area contributed by atoms with E-state index >= 15 is 0 Å². The number of nitrogens with one attached hydrogen (secondary N) is 2. The van der Waals surface area contributed by atoms with E-state index in [9.17, 15) is 4.79 Å². The summed E-state index contributed by atoms with van der Waals surface area (Å²) < 4.78 is 5.34. The summed E-state index contributed by atoms with van der Waals surface area (Å²) in [6, 6.07) is 7.67. The zero-order valence-electron chi connectivity index (χ0n) is 11.1. The van der Waals surface area contributed by atoms with E-state index in [2.05, 4.69) is 10.6 Å². The number of halogens is 1. The Balaban J connectivity index is 0.00000180. The molecule has 1 aliphatic heterocycles. The second-order valence-electron chi connectivity index (χ2n) is 4.46. The van der Waals surface area contributed by atoms with Crippen molar-refractivity contribution in [2.24, 2.45) is 0 Å². The van der Waals surface area contributed by atoms with Gasteiger partial charge in [0.2, 0.25) is 0 Å². The van der Waals surface area contributed by atoms with Crippen molar-refractivity contribution in [2.45, 2.75) is 25.8 Å². The monoisotopic (exact) mass is 284 g/mol. The van der Waals surface area contributed by atoms with Crippen molar-refractivity contribution < 1.29 is 9.53 Å². The van der Waals surface area contributed by atoms with Crippen LogP contribution in [0, 0.1) is 0 Å². The summed E-state index contributed by atoms with van der Waals surface area (Å²) in [7, 11) is 0. The number of hydrogen-bond donors (Lipinski definition) is 2. The van der Waals surface area contributed by atoms with E-state index in [0.717, 1.165) is 18.7 Å². The maximum Gasteiger partial charge on any atom is 0.251 e. The number of ether oxygens (including phenoxy) is 1. The Morgan fingerprint density at radius 2 is 2.16 bits per heavy atom. The second-order valence-corrected chi connectivity index (χ2v) is 4.46. The van der Waals surface area contributed by atoms with Crippen LogP contribution in [0.4, 0.5) is 0 Å². The van der Waals surface area contributed by atoms with Gasteiger partial charge in [-0.2, -0.15) is 0 Å². The number of hydrogen-bond acceptors (Lipinski definition) is 3. The predicted molar refractivity (Wildman–Crippen MR) is 78.2 cm³/mol. The lowest BCUT2D eigenvalue weighted by molar-refractivity contribution is 0.0950. The quantitative estimate of drug-likeness (QED) is 0.869. The Labute approximate surface area is 120 Å². The van der Waals surface area contributed by atoms with Crippen molar-refractivity contribution in [3.05, 3.63) is 29.8 Å². The third-order valence-corrected chi connectivity index (χ3v) is 3.10. The van der Waals surface area contributed by atoms with E-state index in [1.807, 2.05) is 19.1 Å². The largest absolute Gasteiger partial charge is 0.494 e. The highest BCUT2D eigenvalue weighted by Crippen LogP contribution is 2.12. The lowest BCUT2D eigenvalue weighted by Gasteiger charge is -2.11. The van der Waals surface area contributed by atoms with Crippen molar-refractivity contribution in [3.63, 3.8) is 0 Å². The normalized spacial score (nSPS) is 17.6. The van der Waals surface area contributed by atoms with Crippen molar-refractivity contribution >= 4 is 18.3 Å². The van der Waals surface area contributed by atoms with Gasteiger partial charge in [-0.1, -0.05) is 0 Å². The molecule has 1 amide bonds. The molecule has 106 valence electrons. The van der Waals surface area contributed by atoms with Crippen LogP contribution in [0.1, 0.15) is 30.1 Å². The highest BCUT2D eigenvalue weighted by molar-refractivity contribution is 5.94. The summed E-state index contributed by atoms with van der Waals surface area (Å²) in [5.74, 6) is 0.776. The van der Waals surface area contributed by atoms with Crippen LogP contribution in [0.3, 0.4) is 0 Å². The van der Waals surface area contributed by atoms with E-state index in [1.54, 1.807) is 12.1 Å². The SMILES string of the molecule is CCOc1ccc(C(=O)NCC2CCCN2)cc1.Cl. The molecule has 2 N–H and O–H groups in total. The van der Waals surface area contributed by atoms with E-state index < -0.39 is 0 Å². The Bertz CT molecular complexity index is 389. The first-order valence-corrected chi connectivity index (χ1v) is 6.54. The number of carbonyl (C=O) groups is 1. The zero-order valence-corrected chi connectivity index (χ0v) is 12.0. The number of benzene rings is 1. The van der Waals surface area contributed by atoms with Gasteiger partial charge in [-0.3, -0.25) is 4.79 Å². The number of carbonyl (C=O) groups excluding carboxylic acids is 1. The van der Waals surface area contributed by atoms with Crippen LogP contribution < -0.4 is 15.4 Å². The Hall–Kier alpha value is -1.26. The summed E-state index contributed by atoms with van der Waals surface area (Å²) in [5, 5.41) is 6.30. The maximum atomic E-state index is 11.9. The average molecular weight is 285 g/mol. The van der Waals surface area contributed by atoms with Gasteiger partial charge in [0, 0.05) is 18.2 Å². The fourth-order valence-electron chi connectivity index (χ4n) is 2.12. The van der Waals surface area contributed by atoms with Gasteiger partial charge >= 0.3 is 0 Å². The minimum Gasteiger partial charge on any atom is -0.494 e. The lowest BCUT2D eigenvalue weighted by atomic mass is 10.2. The van der Waals surface area contributed by atoms with Gasteiger partial charge in [0.1, 0.15) is 5.75 Å². The molecule has 4 nitrogen and oxygen atoms in total. The Morgan fingerprint density at radius 3 is 2.74 bits per heavy atom. The molecule has 0 bridgehead atoms. The van der Waals surface area contributed by atoms with Gasteiger partial charge in [-0.05, 0) is 50.6 Å². The molecule has 1 saturated heterocycles. The second kappa shape index (κ2) is 8.02. The smallest absolute Gasteiger partial charge is 0.251 e. The molecule has 5 heteroatoms. The zero-order chi connectivity index (χ0) is 12.8. The van der Waals surface area contributed by atoms with Crippen LogP contribution in [0.25, 0.3) is 0 Å². The fraction of sp³-hybridized carbons (Fsp3) is 0.500. The Morgan fingerprint density at radius 1 is 1.42 bits per heavy atom. The molecule has 1 heterocycles. The van der Waals surface area contributed by atoms with Crippen LogP contribution in [-0.4, -0.2) is 31.6 Å². The molecule has 1 fully saturated rings. The molecular weight excluding hydrogens is 264 g/mol. The van der Waals surface area contributed by atoms with Crippen molar-refractivity contribution in [2.75, 3.05) is 19.7 Å². The van der Waals surface area contributed by atoms with Crippen LogP contribution in [-0.2, 0) is 0 Å². The molecule has 19 heavy (non-hydrogen) atoms. The van der Waals surface area contributed by atoms with Gasteiger partial charge < -0.3 is 15.4 Å². The molecule has 0 saturated carbocycles. The molecule has 0 aromatic heterocycles. The van der Waals surface area contributed by atoms with Crippen LogP contribution in [0.15, 0.2) is 24.3 Å². The van der Waals surface area contributed by atoms with Gasteiger partial charge in [-0.15, -0.1) is 12.4 Å². The highest BCUT2D eigenvalue weighted by Gasteiger charge is 2.15. The highest BCUT2D eigenvalue weighted by atomic mass is 35.5. The lowest BCUT2D eigenvalue weighted by Crippen LogP contribution is -2.37. The summed E-state index contributed by atoms with van der Waals surface area (Å²) in [5.41, 5.74) is 0.677. The third kappa shape index (κ3) is 4.73. The summed E-state index contributed by atoms with van der Waals surface area (Å²) in [6.45, 7) is 4.34. The molecule has 1 atom stereocenters. The first-order valence-electron chi connectivity index (χ1n) is 6.54. The number of rotatable bonds is 5. The minimum absolute atomic E-state index is 0. The molecule has 0 radical (unpaired) electrons. The van der Waals surface area contributed by atoms with E-state index in [-0.39, 0.29) is 18.3 Å². The molecule has 1 unspecified atom stereocenters. The topological polar surface area (TPSA) is 50.4 Å². The molecular formula is C14H21ClN2O2. The minimum atomic E-state index is -0.0215. The van der Waals surface area contributed by atoms with Gasteiger partial charge in [0.25, 0.3) is 5.91 Å². The molecule has 1 aromatic rings. The average Bonchev–Trinajstić information content (AvgIpc) is 2.90. The molecule has 0 aliphatic carbocycles. The van der Waals surface area contributed by atoms with Crippen molar-refractivity contribution in [1.82, 2.24) is 10.6 Å². The fourth-order valence-corrected chi connectivity index (χ4v) is 2.12. The molecule has 2 rings (SSSR count). The molecule has 0 spiro atoms. The van der Waals surface area contributed by atoms with E-state index in [4.69, 9.17) is 4.74 Å². The summed E-state index contributed by atoms with van der Waals surface area (Å²) in [4.78, 5) is 11.9. The first kappa shape index (κ1) is 15.8. The van der Waals surface area contributed by atoms with E-state index in [0.29, 0.717) is 24.8 Å². The van der Waals surface area contributed by atoms with Gasteiger partial charge in [-0.25, -0.2) is 0 Å². The third-order valence-electron chi connectivity index (χ3n) is 3.10. The maximum absolute atomic E-state index is 11.9. The van der Waals surface area contributed by atoms with E-state index in [1.165, 1.54) is 6.42 Å². The molecule has 1 aliphatic rings. The first-order chi connectivity index (χ1) is 8.79. The van der Waals surface area contributed by atoms with Crippen molar-refractivity contribution in [1.29, 1.82) is 0 Å². The van der Waals surface area contributed by atoms with Gasteiger partial charge in [0.05, 0.1) is 6.61 Å². The summed E-state index contributed by atoms with van der Waals surface area (Å²) in [6.07, 6.45) is 2.34. The van der Waals surface area contributed by atoms with Crippen LogP contribution >= 0.6 is 12.4 Å². The van der Waals surface area contributed by atoms with Gasteiger partial charge in [0.15, 0.2) is 0 Å². The number of amides is 1. The van der Waals surface area contributed by atoms with Crippen molar-refractivity contribution in [3.8, 4) is 5.75 Å². The molecule has 1 aromatic carbocycles. The van der Waals surface area contributed by atoms with Crippen LogP contribution in [0.2, 0.25) is 0 Å². The Kier molecular flexibility index (Phi) is 6.67. The predicted octanol–water partition coefficient (Wildman–Crippen LogP) is 1.99.